The van der Waals surface area contributed by atoms with E-state index in [-0.39, 0.29) is 24.4 Å². The molecule has 0 spiro atoms. The molecule has 2 aromatic carbocycles. The molecule has 0 aliphatic carbocycles. The Morgan fingerprint density at radius 3 is 2.29 bits per heavy atom. The fourth-order valence-corrected chi connectivity index (χ4v) is 2.99. The fraction of sp³-hybridized carbons (Fsp3) is 0.391. The third-order valence-electron chi connectivity index (χ3n) is 4.86. The topological polar surface area (TPSA) is 61.4 Å². The summed E-state index contributed by atoms with van der Waals surface area (Å²) < 4.78 is 0. The molecule has 2 aromatic rings. The molecule has 0 aromatic heterocycles. The molecule has 0 bridgehead atoms. The Kier molecular flexibility index (Phi) is 8.20. The molecular formula is C23H31N3O2. The van der Waals surface area contributed by atoms with E-state index in [0.29, 0.717) is 0 Å². The van der Waals surface area contributed by atoms with Gasteiger partial charge in [-0.25, -0.2) is 0 Å². The summed E-state index contributed by atoms with van der Waals surface area (Å²) >= 11 is 0. The van der Waals surface area contributed by atoms with Gasteiger partial charge in [-0.1, -0.05) is 61.4 Å². The first kappa shape index (κ1) is 21.6. The highest BCUT2D eigenvalue weighted by Crippen LogP contribution is 2.18. The van der Waals surface area contributed by atoms with Gasteiger partial charge in [-0.2, -0.15) is 0 Å². The van der Waals surface area contributed by atoms with Crippen LogP contribution in [0.3, 0.4) is 0 Å². The lowest BCUT2D eigenvalue weighted by Gasteiger charge is -2.26. The number of benzene rings is 2. The standard InChI is InChI=1S/C23H31N3O2/c1-5-9-21(19-10-7-6-8-11-19)25-23(28)18(3)26(4)16-22(27)24-20-14-12-17(2)13-15-20/h6-8,10-15,18,21H,5,9,16H2,1-4H3,(H,24,27)(H,25,28)/t18-,21+/m1/s1. The second kappa shape index (κ2) is 10.6. The Labute approximate surface area is 168 Å². The van der Waals surface area contributed by atoms with E-state index < -0.39 is 6.04 Å². The largest absolute Gasteiger partial charge is 0.348 e. The molecule has 0 aliphatic rings. The van der Waals surface area contributed by atoms with Gasteiger partial charge in [-0.05, 0) is 45.0 Å². The van der Waals surface area contributed by atoms with E-state index in [1.165, 1.54) is 0 Å². The molecule has 2 amide bonds. The van der Waals surface area contributed by atoms with Gasteiger partial charge in [0.2, 0.25) is 11.8 Å². The molecule has 5 heteroatoms. The van der Waals surface area contributed by atoms with Crippen molar-refractivity contribution in [2.75, 3.05) is 18.9 Å². The monoisotopic (exact) mass is 381 g/mol. The van der Waals surface area contributed by atoms with Crippen LogP contribution in [0.5, 0.6) is 0 Å². The van der Waals surface area contributed by atoms with E-state index in [4.69, 9.17) is 0 Å². The number of nitrogens with one attached hydrogen (secondary N) is 2. The average molecular weight is 382 g/mol. The summed E-state index contributed by atoms with van der Waals surface area (Å²) in [6.45, 7) is 6.07. The van der Waals surface area contributed by atoms with Crippen LogP contribution in [-0.2, 0) is 9.59 Å². The minimum atomic E-state index is -0.410. The summed E-state index contributed by atoms with van der Waals surface area (Å²) in [5.41, 5.74) is 3.00. The number of aryl methyl sites for hydroxylation is 1. The molecule has 0 unspecified atom stereocenters. The zero-order valence-corrected chi connectivity index (χ0v) is 17.2. The number of carbonyl (C=O) groups is 2. The van der Waals surface area contributed by atoms with Crippen molar-refractivity contribution in [1.29, 1.82) is 0 Å². The number of anilines is 1. The smallest absolute Gasteiger partial charge is 0.238 e. The average Bonchev–Trinajstić information content (AvgIpc) is 2.69. The lowest BCUT2D eigenvalue weighted by Crippen LogP contribution is -2.46. The molecule has 28 heavy (non-hydrogen) atoms. The van der Waals surface area contributed by atoms with Crippen LogP contribution in [0.2, 0.25) is 0 Å². The van der Waals surface area contributed by atoms with Crippen molar-refractivity contribution in [3.05, 3.63) is 65.7 Å². The Hall–Kier alpha value is -2.66. The Bertz CT molecular complexity index is 759. The maximum Gasteiger partial charge on any atom is 0.238 e. The van der Waals surface area contributed by atoms with Crippen molar-refractivity contribution in [3.63, 3.8) is 0 Å². The highest BCUT2D eigenvalue weighted by atomic mass is 16.2. The van der Waals surface area contributed by atoms with Crippen LogP contribution in [0, 0.1) is 6.92 Å². The van der Waals surface area contributed by atoms with E-state index >= 15 is 0 Å². The number of rotatable bonds is 9. The number of hydrogen-bond acceptors (Lipinski definition) is 3. The fourth-order valence-electron chi connectivity index (χ4n) is 2.99. The van der Waals surface area contributed by atoms with Crippen LogP contribution in [0.4, 0.5) is 5.69 Å². The number of carbonyl (C=O) groups excluding carboxylic acids is 2. The van der Waals surface area contributed by atoms with E-state index in [1.807, 2.05) is 68.4 Å². The molecule has 2 atom stereocenters. The van der Waals surface area contributed by atoms with Crippen molar-refractivity contribution < 1.29 is 9.59 Å². The van der Waals surface area contributed by atoms with Gasteiger partial charge in [0, 0.05) is 5.69 Å². The van der Waals surface area contributed by atoms with Crippen LogP contribution in [0.15, 0.2) is 54.6 Å². The van der Waals surface area contributed by atoms with E-state index in [9.17, 15) is 9.59 Å². The van der Waals surface area contributed by atoms with Crippen LogP contribution in [-0.4, -0.2) is 36.3 Å². The third kappa shape index (κ3) is 6.50. The molecule has 2 N–H and O–H groups in total. The van der Waals surface area contributed by atoms with Crippen molar-refractivity contribution >= 4 is 17.5 Å². The molecule has 0 heterocycles. The lowest BCUT2D eigenvalue weighted by atomic mass is 10.0. The summed E-state index contributed by atoms with van der Waals surface area (Å²) in [5, 5.41) is 6.00. The highest BCUT2D eigenvalue weighted by molar-refractivity contribution is 5.92. The van der Waals surface area contributed by atoms with Crippen molar-refractivity contribution in [1.82, 2.24) is 10.2 Å². The van der Waals surface area contributed by atoms with Crippen LogP contribution < -0.4 is 10.6 Å². The SMILES string of the molecule is CCC[C@H](NC(=O)[C@@H](C)N(C)CC(=O)Nc1ccc(C)cc1)c1ccccc1. The predicted molar refractivity (Wildman–Crippen MR) is 114 cm³/mol. The third-order valence-corrected chi connectivity index (χ3v) is 4.86. The summed E-state index contributed by atoms with van der Waals surface area (Å²) in [6.07, 6.45) is 1.85. The lowest BCUT2D eigenvalue weighted by molar-refractivity contribution is -0.127. The Morgan fingerprint density at radius 2 is 1.68 bits per heavy atom. The van der Waals surface area contributed by atoms with Crippen LogP contribution in [0.1, 0.15) is 43.9 Å². The van der Waals surface area contributed by atoms with Gasteiger partial charge in [0.05, 0.1) is 18.6 Å². The second-order valence-electron chi connectivity index (χ2n) is 7.27. The maximum atomic E-state index is 12.7. The highest BCUT2D eigenvalue weighted by Gasteiger charge is 2.23. The van der Waals surface area contributed by atoms with Gasteiger partial charge >= 0.3 is 0 Å². The number of amides is 2. The minimum absolute atomic E-state index is 0.0177. The minimum Gasteiger partial charge on any atom is -0.348 e. The summed E-state index contributed by atoms with van der Waals surface area (Å²) in [4.78, 5) is 26.8. The molecular weight excluding hydrogens is 350 g/mol. The molecule has 5 nitrogen and oxygen atoms in total. The molecule has 0 aliphatic heterocycles. The molecule has 0 saturated carbocycles. The van der Waals surface area contributed by atoms with Gasteiger partial charge in [-0.3, -0.25) is 14.5 Å². The van der Waals surface area contributed by atoms with Crippen molar-refractivity contribution in [3.8, 4) is 0 Å². The van der Waals surface area contributed by atoms with E-state index in [0.717, 1.165) is 29.7 Å². The van der Waals surface area contributed by atoms with Gasteiger partial charge < -0.3 is 10.6 Å². The first-order valence-corrected chi connectivity index (χ1v) is 9.82. The Balaban J connectivity index is 1.91. The van der Waals surface area contributed by atoms with E-state index in [2.05, 4.69) is 17.6 Å². The summed E-state index contributed by atoms with van der Waals surface area (Å²) in [6, 6.07) is 17.2. The molecule has 0 saturated heterocycles. The van der Waals surface area contributed by atoms with Crippen molar-refractivity contribution in [2.45, 2.75) is 45.7 Å². The molecule has 2 rings (SSSR count). The van der Waals surface area contributed by atoms with Crippen molar-refractivity contribution in [2.24, 2.45) is 0 Å². The van der Waals surface area contributed by atoms with Gasteiger partial charge in [-0.15, -0.1) is 0 Å². The predicted octanol–water partition coefficient (Wildman–Crippen LogP) is 3.91. The first-order chi connectivity index (χ1) is 13.4. The summed E-state index contributed by atoms with van der Waals surface area (Å²) in [7, 11) is 1.79. The second-order valence-corrected chi connectivity index (χ2v) is 7.27. The maximum absolute atomic E-state index is 12.7. The quantitative estimate of drug-likeness (QED) is 0.692. The van der Waals surface area contributed by atoms with E-state index in [1.54, 1.807) is 11.9 Å². The Morgan fingerprint density at radius 1 is 1.04 bits per heavy atom. The normalized spacial score (nSPS) is 13.0. The number of hydrogen-bond donors (Lipinski definition) is 2. The van der Waals surface area contributed by atoms with Crippen LogP contribution >= 0.6 is 0 Å². The summed E-state index contributed by atoms with van der Waals surface area (Å²) in [5.74, 6) is -0.216. The number of likely N-dealkylation sites (N-methyl/N-ethyl adjacent to an activating group) is 1. The zero-order chi connectivity index (χ0) is 20.5. The number of nitrogens with zero attached hydrogens (tertiary/aromatic N) is 1. The molecule has 0 fully saturated rings. The van der Waals surface area contributed by atoms with Gasteiger partial charge in [0.15, 0.2) is 0 Å². The molecule has 0 radical (unpaired) electrons. The zero-order valence-electron chi connectivity index (χ0n) is 17.2. The van der Waals surface area contributed by atoms with Gasteiger partial charge in [0.1, 0.15) is 0 Å². The van der Waals surface area contributed by atoms with Crippen LogP contribution in [0.25, 0.3) is 0 Å². The van der Waals surface area contributed by atoms with Gasteiger partial charge in [0.25, 0.3) is 0 Å². The molecule has 150 valence electrons. The first-order valence-electron chi connectivity index (χ1n) is 9.82.